The fourth-order valence-electron chi connectivity index (χ4n) is 3.26. The van der Waals surface area contributed by atoms with Crippen LogP contribution in [-0.2, 0) is 4.74 Å². The first-order valence-electron chi connectivity index (χ1n) is 9.32. The molecule has 1 aromatic carbocycles. The molecule has 0 radical (unpaired) electrons. The number of carbonyl (C=O) groups is 1. The van der Waals surface area contributed by atoms with Gasteiger partial charge in [-0.15, -0.1) is 0 Å². The Balaban J connectivity index is 1.71. The zero-order chi connectivity index (χ0) is 19.4. The highest BCUT2D eigenvalue weighted by atomic mass is 16.6. The number of anilines is 3. The lowest BCUT2D eigenvalue weighted by molar-refractivity contribution is 0.105. The van der Waals surface area contributed by atoms with Crippen molar-refractivity contribution in [1.29, 1.82) is 0 Å². The summed E-state index contributed by atoms with van der Waals surface area (Å²) in [6.07, 6.45) is -0.250. The van der Waals surface area contributed by atoms with Crippen molar-refractivity contribution in [3.63, 3.8) is 0 Å². The van der Waals surface area contributed by atoms with E-state index in [1.54, 1.807) is 4.90 Å². The maximum absolute atomic E-state index is 11.9. The molecule has 0 aliphatic carbocycles. The Morgan fingerprint density at radius 1 is 1.04 bits per heavy atom. The van der Waals surface area contributed by atoms with E-state index in [1.165, 1.54) is 11.1 Å². The van der Waals surface area contributed by atoms with Gasteiger partial charge in [0, 0.05) is 43.6 Å². The SMILES string of the molecule is CCOC(=O)N1CCN(c2nc(C)cc(Nc3cc(C)cc(C)c3)n2)CC1. The van der Waals surface area contributed by atoms with Gasteiger partial charge in [-0.2, -0.15) is 4.98 Å². The molecule has 1 fully saturated rings. The Hall–Kier alpha value is -2.83. The number of amides is 1. The molecule has 3 rings (SSSR count). The molecule has 1 saturated heterocycles. The molecule has 1 aromatic heterocycles. The number of nitrogens with zero attached hydrogens (tertiary/aromatic N) is 4. The number of ether oxygens (including phenoxy) is 1. The maximum Gasteiger partial charge on any atom is 0.409 e. The minimum absolute atomic E-state index is 0.250. The summed E-state index contributed by atoms with van der Waals surface area (Å²) in [5.74, 6) is 1.46. The van der Waals surface area contributed by atoms with Crippen LogP contribution in [0.15, 0.2) is 24.3 Å². The van der Waals surface area contributed by atoms with E-state index in [9.17, 15) is 4.79 Å². The Bertz CT molecular complexity index is 796. The molecule has 144 valence electrons. The van der Waals surface area contributed by atoms with Crippen LogP contribution in [0.3, 0.4) is 0 Å². The lowest BCUT2D eigenvalue weighted by atomic mass is 10.1. The van der Waals surface area contributed by atoms with Gasteiger partial charge in [0.1, 0.15) is 5.82 Å². The molecular formula is C20H27N5O2. The Morgan fingerprint density at radius 3 is 2.33 bits per heavy atom. The monoisotopic (exact) mass is 369 g/mol. The van der Waals surface area contributed by atoms with Gasteiger partial charge in [-0.1, -0.05) is 6.07 Å². The molecule has 7 nitrogen and oxygen atoms in total. The van der Waals surface area contributed by atoms with Crippen molar-refractivity contribution in [2.24, 2.45) is 0 Å². The number of aryl methyl sites for hydroxylation is 3. The normalized spacial score (nSPS) is 14.2. The second kappa shape index (κ2) is 8.24. The lowest BCUT2D eigenvalue weighted by Gasteiger charge is -2.34. The molecular weight excluding hydrogens is 342 g/mol. The van der Waals surface area contributed by atoms with E-state index in [1.807, 2.05) is 19.9 Å². The number of hydrogen-bond donors (Lipinski definition) is 1. The number of aromatic nitrogens is 2. The van der Waals surface area contributed by atoms with Gasteiger partial charge in [0.15, 0.2) is 0 Å². The van der Waals surface area contributed by atoms with E-state index < -0.39 is 0 Å². The van der Waals surface area contributed by atoms with Crippen LogP contribution in [0, 0.1) is 20.8 Å². The van der Waals surface area contributed by atoms with Crippen LogP contribution < -0.4 is 10.2 Å². The first kappa shape index (κ1) is 18.9. The summed E-state index contributed by atoms with van der Waals surface area (Å²) < 4.78 is 5.07. The molecule has 1 amide bonds. The molecule has 1 N–H and O–H groups in total. The minimum Gasteiger partial charge on any atom is -0.450 e. The lowest BCUT2D eigenvalue weighted by Crippen LogP contribution is -2.49. The number of rotatable bonds is 4. The van der Waals surface area contributed by atoms with Gasteiger partial charge in [0.05, 0.1) is 6.61 Å². The molecule has 7 heteroatoms. The van der Waals surface area contributed by atoms with E-state index in [2.05, 4.69) is 52.2 Å². The summed E-state index contributed by atoms with van der Waals surface area (Å²) in [5, 5.41) is 3.39. The molecule has 27 heavy (non-hydrogen) atoms. The summed E-state index contributed by atoms with van der Waals surface area (Å²) in [6, 6.07) is 8.28. The predicted molar refractivity (Wildman–Crippen MR) is 107 cm³/mol. The van der Waals surface area contributed by atoms with Crippen molar-refractivity contribution in [2.75, 3.05) is 43.0 Å². The molecule has 0 bridgehead atoms. The number of carbonyl (C=O) groups excluding carboxylic acids is 1. The number of piperazine rings is 1. The first-order valence-corrected chi connectivity index (χ1v) is 9.32. The first-order chi connectivity index (χ1) is 12.9. The van der Waals surface area contributed by atoms with E-state index in [0.29, 0.717) is 38.7 Å². The van der Waals surface area contributed by atoms with Crippen molar-refractivity contribution < 1.29 is 9.53 Å². The van der Waals surface area contributed by atoms with Gasteiger partial charge in [-0.25, -0.2) is 9.78 Å². The largest absolute Gasteiger partial charge is 0.450 e. The van der Waals surface area contributed by atoms with Crippen molar-refractivity contribution in [1.82, 2.24) is 14.9 Å². The van der Waals surface area contributed by atoms with E-state index in [0.717, 1.165) is 17.2 Å². The van der Waals surface area contributed by atoms with Crippen molar-refractivity contribution >= 4 is 23.5 Å². The molecule has 0 saturated carbocycles. The Morgan fingerprint density at radius 2 is 1.70 bits per heavy atom. The highest BCUT2D eigenvalue weighted by Gasteiger charge is 2.23. The maximum atomic E-state index is 11.9. The number of hydrogen-bond acceptors (Lipinski definition) is 6. The fraction of sp³-hybridized carbons (Fsp3) is 0.450. The van der Waals surface area contributed by atoms with Gasteiger partial charge in [0.2, 0.25) is 5.95 Å². The third kappa shape index (κ3) is 4.87. The molecule has 2 heterocycles. The third-order valence-electron chi connectivity index (χ3n) is 4.43. The fourth-order valence-corrected chi connectivity index (χ4v) is 3.26. The van der Waals surface area contributed by atoms with Crippen LogP contribution in [-0.4, -0.2) is 53.7 Å². The molecule has 2 aromatic rings. The molecule has 0 atom stereocenters. The molecule has 0 unspecified atom stereocenters. The van der Waals surface area contributed by atoms with Gasteiger partial charge in [-0.3, -0.25) is 0 Å². The van der Waals surface area contributed by atoms with E-state index in [4.69, 9.17) is 4.74 Å². The van der Waals surface area contributed by atoms with Crippen LogP contribution in [0.5, 0.6) is 0 Å². The van der Waals surface area contributed by atoms with Crippen LogP contribution >= 0.6 is 0 Å². The zero-order valence-corrected chi connectivity index (χ0v) is 16.5. The second-order valence-corrected chi connectivity index (χ2v) is 6.87. The topological polar surface area (TPSA) is 70.6 Å². The van der Waals surface area contributed by atoms with Crippen LogP contribution in [0.2, 0.25) is 0 Å². The van der Waals surface area contributed by atoms with Gasteiger partial charge in [-0.05, 0) is 51.0 Å². The summed E-state index contributed by atoms with van der Waals surface area (Å²) in [5.41, 5.74) is 4.33. The van der Waals surface area contributed by atoms with Crippen molar-refractivity contribution in [3.05, 3.63) is 41.1 Å². The third-order valence-corrected chi connectivity index (χ3v) is 4.43. The minimum atomic E-state index is -0.250. The quantitative estimate of drug-likeness (QED) is 0.890. The zero-order valence-electron chi connectivity index (χ0n) is 16.5. The smallest absolute Gasteiger partial charge is 0.409 e. The van der Waals surface area contributed by atoms with Crippen LogP contribution in [0.25, 0.3) is 0 Å². The van der Waals surface area contributed by atoms with Crippen LogP contribution in [0.4, 0.5) is 22.2 Å². The highest BCUT2D eigenvalue weighted by Crippen LogP contribution is 2.21. The van der Waals surface area contributed by atoms with Crippen molar-refractivity contribution in [2.45, 2.75) is 27.7 Å². The van der Waals surface area contributed by atoms with Crippen molar-refractivity contribution in [3.8, 4) is 0 Å². The standard InChI is InChI=1S/C20H27N5O2/c1-5-27-20(26)25-8-6-24(7-9-25)19-21-16(4)13-18(23-19)22-17-11-14(2)10-15(3)12-17/h10-13H,5-9H2,1-4H3,(H,21,22,23). The Kier molecular flexibility index (Phi) is 5.78. The number of benzene rings is 1. The summed E-state index contributed by atoms with van der Waals surface area (Å²) in [7, 11) is 0. The number of nitrogens with one attached hydrogen (secondary N) is 1. The van der Waals surface area contributed by atoms with E-state index in [-0.39, 0.29) is 6.09 Å². The van der Waals surface area contributed by atoms with Crippen LogP contribution in [0.1, 0.15) is 23.7 Å². The summed E-state index contributed by atoms with van der Waals surface area (Å²) in [6.45, 7) is 10.9. The summed E-state index contributed by atoms with van der Waals surface area (Å²) in [4.78, 5) is 25.0. The molecule has 0 spiro atoms. The summed E-state index contributed by atoms with van der Waals surface area (Å²) >= 11 is 0. The molecule has 1 aliphatic heterocycles. The van der Waals surface area contributed by atoms with Gasteiger partial charge >= 0.3 is 6.09 Å². The highest BCUT2D eigenvalue weighted by molar-refractivity contribution is 5.68. The second-order valence-electron chi connectivity index (χ2n) is 6.87. The van der Waals surface area contributed by atoms with E-state index >= 15 is 0 Å². The average molecular weight is 369 g/mol. The average Bonchev–Trinajstić information content (AvgIpc) is 2.60. The van der Waals surface area contributed by atoms with Gasteiger partial charge < -0.3 is 19.9 Å². The molecule has 1 aliphatic rings. The Labute approximate surface area is 160 Å². The predicted octanol–water partition coefficient (Wildman–Crippen LogP) is 3.42. The van der Waals surface area contributed by atoms with Gasteiger partial charge in [0.25, 0.3) is 0 Å².